The molecule has 0 spiro atoms. The summed E-state index contributed by atoms with van der Waals surface area (Å²) in [5, 5.41) is 13.6. The van der Waals surface area contributed by atoms with Gasteiger partial charge in [-0.3, -0.25) is 20.8 Å². The average Bonchev–Trinajstić information content (AvgIpc) is 2.44. The minimum Gasteiger partial charge on any atom is -0.380 e. The first-order valence-electron chi connectivity index (χ1n) is 6.13. The van der Waals surface area contributed by atoms with Crippen LogP contribution >= 0.6 is 0 Å². The van der Waals surface area contributed by atoms with E-state index < -0.39 is 10.8 Å². The van der Waals surface area contributed by atoms with Crippen molar-refractivity contribution in [3.63, 3.8) is 0 Å². The summed E-state index contributed by atoms with van der Waals surface area (Å²) < 4.78 is 5.17. The molecule has 8 heteroatoms. The molecule has 1 rings (SSSR count). The number of nitrogens with two attached hydrogens (primary N) is 1. The molecule has 0 fully saturated rings. The Kier molecular flexibility index (Phi) is 5.88. The van der Waals surface area contributed by atoms with E-state index in [9.17, 15) is 14.9 Å². The second-order valence-electron chi connectivity index (χ2n) is 4.17. The van der Waals surface area contributed by atoms with E-state index in [1.54, 1.807) is 6.92 Å². The number of hydrogen-bond donors (Lipinski definition) is 3. The molecular weight excluding hydrogens is 264 g/mol. The van der Waals surface area contributed by atoms with E-state index in [1.165, 1.54) is 18.2 Å². The second-order valence-corrected chi connectivity index (χ2v) is 4.17. The van der Waals surface area contributed by atoms with Crippen LogP contribution in [0.4, 0.5) is 11.4 Å². The quantitative estimate of drug-likeness (QED) is 0.390. The summed E-state index contributed by atoms with van der Waals surface area (Å²) in [6, 6.07) is 3.74. The highest BCUT2D eigenvalue weighted by atomic mass is 16.6. The number of carbonyl (C=O) groups excluding carboxylic acids is 1. The first-order chi connectivity index (χ1) is 9.49. The largest absolute Gasteiger partial charge is 0.380 e. The Morgan fingerprint density at radius 2 is 2.25 bits per heavy atom. The van der Waals surface area contributed by atoms with Gasteiger partial charge in [0.1, 0.15) is 5.56 Å². The number of nitrogens with zero attached hydrogens (tertiary/aromatic N) is 1. The SMILES string of the molecule is CCOCC(C)NC(=O)c1cc(NN)ccc1[N+](=O)[O-]. The number of amides is 1. The molecule has 1 atom stereocenters. The third-order valence-electron chi connectivity index (χ3n) is 2.55. The predicted octanol–water partition coefficient (Wildman–Crippen LogP) is 1.04. The molecule has 0 aliphatic heterocycles. The van der Waals surface area contributed by atoms with E-state index in [0.717, 1.165) is 0 Å². The third kappa shape index (κ3) is 4.18. The molecule has 1 aromatic carbocycles. The summed E-state index contributed by atoms with van der Waals surface area (Å²) in [7, 11) is 0. The molecule has 20 heavy (non-hydrogen) atoms. The number of benzene rings is 1. The van der Waals surface area contributed by atoms with Gasteiger partial charge in [0.15, 0.2) is 0 Å². The highest BCUT2D eigenvalue weighted by Crippen LogP contribution is 2.22. The Bertz CT molecular complexity index is 492. The van der Waals surface area contributed by atoms with Gasteiger partial charge in [-0.1, -0.05) is 0 Å². The van der Waals surface area contributed by atoms with Gasteiger partial charge in [0.2, 0.25) is 0 Å². The molecule has 0 radical (unpaired) electrons. The topological polar surface area (TPSA) is 120 Å². The summed E-state index contributed by atoms with van der Waals surface area (Å²) in [6.07, 6.45) is 0. The number of rotatable bonds is 7. The molecule has 0 bridgehead atoms. The van der Waals surface area contributed by atoms with Crippen LogP contribution in [-0.2, 0) is 4.74 Å². The van der Waals surface area contributed by atoms with Crippen LogP contribution < -0.4 is 16.6 Å². The summed E-state index contributed by atoms with van der Waals surface area (Å²) in [5.74, 6) is 4.70. The van der Waals surface area contributed by atoms with Crippen molar-refractivity contribution in [2.24, 2.45) is 5.84 Å². The number of nitro groups is 1. The van der Waals surface area contributed by atoms with Crippen molar-refractivity contribution >= 4 is 17.3 Å². The number of hydrazine groups is 1. The molecule has 0 saturated carbocycles. The molecule has 0 aliphatic carbocycles. The van der Waals surface area contributed by atoms with Gasteiger partial charge in [0.05, 0.1) is 11.5 Å². The lowest BCUT2D eigenvalue weighted by molar-refractivity contribution is -0.385. The van der Waals surface area contributed by atoms with Crippen LogP contribution in [0.1, 0.15) is 24.2 Å². The number of nitrogen functional groups attached to an aromatic ring is 1. The lowest BCUT2D eigenvalue weighted by Crippen LogP contribution is -2.36. The maximum atomic E-state index is 12.1. The lowest BCUT2D eigenvalue weighted by Gasteiger charge is -2.14. The van der Waals surface area contributed by atoms with Crippen molar-refractivity contribution in [2.45, 2.75) is 19.9 Å². The fraction of sp³-hybridized carbons (Fsp3) is 0.417. The number of anilines is 1. The smallest absolute Gasteiger partial charge is 0.282 e. The monoisotopic (exact) mass is 282 g/mol. The minimum atomic E-state index is -0.609. The maximum absolute atomic E-state index is 12.1. The molecule has 0 aliphatic rings. The molecule has 1 unspecified atom stereocenters. The molecule has 8 nitrogen and oxygen atoms in total. The van der Waals surface area contributed by atoms with Gasteiger partial charge in [-0.15, -0.1) is 0 Å². The highest BCUT2D eigenvalue weighted by molar-refractivity contribution is 5.99. The number of nitro benzene ring substituents is 1. The van der Waals surface area contributed by atoms with Crippen LogP contribution in [-0.4, -0.2) is 30.1 Å². The standard InChI is InChI=1S/C12H18N4O4/c1-3-20-7-8(2)14-12(17)10-6-9(15-13)4-5-11(10)16(18)19/h4-6,8,15H,3,7,13H2,1-2H3,(H,14,17). The zero-order valence-electron chi connectivity index (χ0n) is 11.4. The number of hydrogen-bond acceptors (Lipinski definition) is 6. The van der Waals surface area contributed by atoms with Crippen molar-refractivity contribution in [3.05, 3.63) is 33.9 Å². The second kappa shape index (κ2) is 7.41. The predicted molar refractivity (Wildman–Crippen MR) is 74.3 cm³/mol. The van der Waals surface area contributed by atoms with Gasteiger partial charge < -0.3 is 15.5 Å². The highest BCUT2D eigenvalue weighted by Gasteiger charge is 2.21. The molecule has 0 aromatic heterocycles. The van der Waals surface area contributed by atoms with E-state index in [-0.39, 0.29) is 17.3 Å². The Morgan fingerprint density at radius 3 is 2.80 bits per heavy atom. The molecule has 1 amide bonds. The molecule has 4 N–H and O–H groups in total. The van der Waals surface area contributed by atoms with Gasteiger partial charge in [0, 0.05) is 24.4 Å². The van der Waals surface area contributed by atoms with Crippen LogP contribution in [0.15, 0.2) is 18.2 Å². The molecule has 0 heterocycles. The van der Waals surface area contributed by atoms with Crippen molar-refractivity contribution < 1.29 is 14.5 Å². The summed E-state index contributed by atoms with van der Waals surface area (Å²) >= 11 is 0. The van der Waals surface area contributed by atoms with E-state index >= 15 is 0 Å². The van der Waals surface area contributed by atoms with Crippen molar-refractivity contribution in [1.29, 1.82) is 0 Å². The van der Waals surface area contributed by atoms with E-state index in [4.69, 9.17) is 10.6 Å². The third-order valence-corrected chi connectivity index (χ3v) is 2.55. The number of ether oxygens (including phenoxy) is 1. The first kappa shape index (κ1) is 15.9. The van der Waals surface area contributed by atoms with Gasteiger partial charge in [-0.05, 0) is 26.0 Å². The molecular formula is C12H18N4O4. The molecule has 0 saturated heterocycles. The lowest BCUT2D eigenvalue weighted by atomic mass is 10.1. The fourth-order valence-corrected chi connectivity index (χ4v) is 1.60. The van der Waals surface area contributed by atoms with Crippen molar-refractivity contribution in [1.82, 2.24) is 5.32 Å². The van der Waals surface area contributed by atoms with E-state index in [2.05, 4.69) is 10.7 Å². The van der Waals surface area contributed by atoms with E-state index in [0.29, 0.717) is 18.9 Å². The van der Waals surface area contributed by atoms with Gasteiger partial charge >= 0.3 is 0 Å². The fourth-order valence-electron chi connectivity index (χ4n) is 1.60. The molecule has 110 valence electrons. The van der Waals surface area contributed by atoms with E-state index in [1.807, 2.05) is 6.92 Å². The Balaban J connectivity index is 2.92. The van der Waals surface area contributed by atoms with Crippen LogP contribution in [0.25, 0.3) is 0 Å². The van der Waals surface area contributed by atoms with Gasteiger partial charge in [-0.25, -0.2) is 0 Å². The normalized spacial score (nSPS) is 11.8. The Morgan fingerprint density at radius 1 is 1.55 bits per heavy atom. The Labute approximate surface area is 116 Å². The van der Waals surface area contributed by atoms with Gasteiger partial charge in [-0.2, -0.15) is 0 Å². The van der Waals surface area contributed by atoms with Gasteiger partial charge in [0.25, 0.3) is 11.6 Å². The van der Waals surface area contributed by atoms with Crippen molar-refractivity contribution in [3.8, 4) is 0 Å². The average molecular weight is 282 g/mol. The first-order valence-corrected chi connectivity index (χ1v) is 6.13. The summed E-state index contributed by atoms with van der Waals surface area (Å²) in [5.41, 5.74) is 2.44. The van der Waals surface area contributed by atoms with Crippen LogP contribution in [0, 0.1) is 10.1 Å². The van der Waals surface area contributed by atoms with Crippen LogP contribution in [0.5, 0.6) is 0 Å². The van der Waals surface area contributed by atoms with Crippen molar-refractivity contribution in [2.75, 3.05) is 18.6 Å². The van der Waals surface area contributed by atoms with Crippen LogP contribution in [0.2, 0.25) is 0 Å². The summed E-state index contributed by atoms with van der Waals surface area (Å²) in [6.45, 7) is 4.47. The Hall–Kier alpha value is -2.19. The minimum absolute atomic E-state index is 0.0474. The number of nitrogens with one attached hydrogen (secondary N) is 2. The summed E-state index contributed by atoms with van der Waals surface area (Å²) in [4.78, 5) is 22.4. The number of carbonyl (C=O) groups is 1. The zero-order valence-corrected chi connectivity index (χ0v) is 11.4. The molecule has 1 aromatic rings. The maximum Gasteiger partial charge on any atom is 0.282 e. The zero-order chi connectivity index (χ0) is 15.1. The van der Waals surface area contributed by atoms with Crippen LogP contribution in [0.3, 0.4) is 0 Å².